The van der Waals surface area contributed by atoms with E-state index < -0.39 is 0 Å². The molecule has 1 aromatic rings. The van der Waals surface area contributed by atoms with Gasteiger partial charge in [0.1, 0.15) is 5.75 Å². The van der Waals surface area contributed by atoms with Crippen LogP contribution in [0.2, 0.25) is 0 Å². The molecule has 0 spiro atoms. The Morgan fingerprint density at radius 2 is 1.90 bits per heavy atom. The van der Waals surface area contributed by atoms with Gasteiger partial charge in [-0.3, -0.25) is 4.90 Å². The molecule has 0 saturated carbocycles. The third-order valence-electron chi connectivity index (χ3n) is 4.14. The van der Waals surface area contributed by atoms with Crippen LogP contribution < -0.4 is 10.5 Å². The van der Waals surface area contributed by atoms with Crippen molar-refractivity contribution < 1.29 is 4.74 Å². The zero-order chi connectivity index (χ0) is 14.2. The molecule has 1 heterocycles. The van der Waals surface area contributed by atoms with Gasteiger partial charge in [-0.1, -0.05) is 25.5 Å². The predicted molar refractivity (Wildman–Crippen MR) is 83.9 cm³/mol. The van der Waals surface area contributed by atoms with Crippen LogP contribution in [0.5, 0.6) is 5.75 Å². The van der Waals surface area contributed by atoms with Crippen LogP contribution in [0.3, 0.4) is 0 Å². The summed E-state index contributed by atoms with van der Waals surface area (Å²) in [6.45, 7) is 7.25. The van der Waals surface area contributed by atoms with E-state index in [1.165, 1.54) is 37.9 Å². The molecule has 2 rings (SSSR count). The molecule has 1 aliphatic heterocycles. The Morgan fingerprint density at radius 1 is 1.20 bits per heavy atom. The van der Waals surface area contributed by atoms with Gasteiger partial charge in [-0.25, -0.2) is 0 Å². The van der Waals surface area contributed by atoms with E-state index in [2.05, 4.69) is 36.1 Å². The molecule has 20 heavy (non-hydrogen) atoms. The van der Waals surface area contributed by atoms with Gasteiger partial charge in [0.05, 0.1) is 6.61 Å². The van der Waals surface area contributed by atoms with Crippen molar-refractivity contribution in [2.24, 2.45) is 11.7 Å². The van der Waals surface area contributed by atoms with Gasteiger partial charge in [-0.2, -0.15) is 0 Å². The fourth-order valence-electron chi connectivity index (χ4n) is 2.66. The maximum atomic E-state index is 5.74. The van der Waals surface area contributed by atoms with Crippen molar-refractivity contribution in [2.45, 2.75) is 39.2 Å². The Kier molecular flexibility index (Phi) is 6.34. The number of likely N-dealkylation sites (tertiary alicyclic amines) is 1. The average Bonchev–Trinajstić information content (AvgIpc) is 2.50. The van der Waals surface area contributed by atoms with E-state index in [1.54, 1.807) is 0 Å². The molecule has 1 aliphatic rings. The SMILES string of the molecule is CCCCOc1ccc(CN2CCC(CN)CC2)cc1. The van der Waals surface area contributed by atoms with Gasteiger partial charge in [0.25, 0.3) is 0 Å². The molecule has 0 radical (unpaired) electrons. The Balaban J connectivity index is 1.76. The van der Waals surface area contributed by atoms with Gasteiger partial charge in [0.2, 0.25) is 0 Å². The normalized spacial score (nSPS) is 17.3. The smallest absolute Gasteiger partial charge is 0.119 e. The lowest BCUT2D eigenvalue weighted by Crippen LogP contribution is -2.35. The molecule has 1 fully saturated rings. The maximum absolute atomic E-state index is 5.74. The first-order chi connectivity index (χ1) is 9.81. The number of hydrogen-bond donors (Lipinski definition) is 1. The summed E-state index contributed by atoms with van der Waals surface area (Å²) in [5.74, 6) is 1.73. The molecule has 0 aliphatic carbocycles. The maximum Gasteiger partial charge on any atom is 0.119 e. The molecule has 3 heteroatoms. The number of unbranched alkanes of at least 4 members (excludes halogenated alkanes) is 1. The van der Waals surface area contributed by atoms with Gasteiger partial charge in [0, 0.05) is 6.54 Å². The van der Waals surface area contributed by atoms with Crippen molar-refractivity contribution in [1.29, 1.82) is 0 Å². The Hall–Kier alpha value is -1.06. The fraction of sp³-hybridized carbons (Fsp3) is 0.647. The Labute approximate surface area is 123 Å². The average molecular weight is 276 g/mol. The zero-order valence-electron chi connectivity index (χ0n) is 12.7. The highest BCUT2D eigenvalue weighted by Gasteiger charge is 2.17. The standard InChI is InChI=1S/C17H28N2O/c1-2-3-12-20-17-6-4-16(5-7-17)14-19-10-8-15(13-18)9-11-19/h4-7,15H,2-3,8-14,18H2,1H3. The summed E-state index contributed by atoms with van der Waals surface area (Å²) in [7, 11) is 0. The van der Waals surface area contributed by atoms with Crippen LogP contribution in [0.15, 0.2) is 24.3 Å². The van der Waals surface area contributed by atoms with Crippen LogP contribution in [0.4, 0.5) is 0 Å². The zero-order valence-corrected chi connectivity index (χ0v) is 12.7. The molecule has 0 bridgehead atoms. The molecular weight excluding hydrogens is 248 g/mol. The van der Waals surface area contributed by atoms with Crippen molar-refractivity contribution in [1.82, 2.24) is 4.90 Å². The summed E-state index contributed by atoms with van der Waals surface area (Å²) in [6.07, 6.45) is 4.79. The number of ether oxygens (including phenoxy) is 1. The highest BCUT2D eigenvalue weighted by Crippen LogP contribution is 2.19. The predicted octanol–water partition coefficient (Wildman–Crippen LogP) is 3.04. The number of rotatable bonds is 7. The van der Waals surface area contributed by atoms with Crippen molar-refractivity contribution in [2.75, 3.05) is 26.2 Å². The number of nitrogens with two attached hydrogens (primary N) is 1. The second-order valence-electron chi connectivity index (χ2n) is 5.80. The monoisotopic (exact) mass is 276 g/mol. The lowest BCUT2D eigenvalue weighted by molar-refractivity contribution is 0.180. The minimum absolute atomic E-state index is 0.737. The molecule has 112 valence electrons. The quantitative estimate of drug-likeness (QED) is 0.778. The third kappa shape index (κ3) is 4.80. The topological polar surface area (TPSA) is 38.5 Å². The van der Waals surface area contributed by atoms with Gasteiger partial charge in [0.15, 0.2) is 0 Å². The second-order valence-corrected chi connectivity index (χ2v) is 5.80. The van der Waals surface area contributed by atoms with Crippen LogP contribution in [0, 0.1) is 5.92 Å². The number of nitrogens with zero attached hydrogens (tertiary/aromatic N) is 1. The first kappa shape index (κ1) is 15.3. The molecule has 1 saturated heterocycles. The summed E-state index contributed by atoms with van der Waals surface area (Å²) in [5.41, 5.74) is 7.11. The van der Waals surface area contributed by atoms with E-state index in [0.717, 1.165) is 37.8 Å². The second kappa shape index (κ2) is 8.28. The minimum atomic E-state index is 0.737. The molecule has 0 amide bonds. The summed E-state index contributed by atoms with van der Waals surface area (Å²) in [6, 6.07) is 8.57. The molecule has 0 aromatic heterocycles. The molecular formula is C17H28N2O. The molecule has 0 atom stereocenters. The van der Waals surface area contributed by atoms with Gasteiger partial charge in [-0.15, -0.1) is 0 Å². The van der Waals surface area contributed by atoms with Gasteiger partial charge < -0.3 is 10.5 Å². The molecule has 0 unspecified atom stereocenters. The van der Waals surface area contributed by atoms with Crippen molar-refractivity contribution in [3.05, 3.63) is 29.8 Å². The van der Waals surface area contributed by atoms with Crippen molar-refractivity contribution in [3.8, 4) is 5.75 Å². The number of piperidine rings is 1. The van der Waals surface area contributed by atoms with E-state index >= 15 is 0 Å². The first-order valence-corrected chi connectivity index (χ1v) is 7.96. The fourth-order valence-corrected chi connectivity index (χ4v) is 2.66. The summed E-state index contributed by atoms with van der Waals surface area (Å²) >= 11 is 0. The number of benzene rings is 1. The summed E-state index contributed by atoms with van der Waals surface area (Å²) < 4.78 is 5.69. The lowest BCUT2D eigenvalue weighted by Gasteiger charge is -2.31. The lowest BCUT2D eigenvalue weighted by atomic mass is 9.97. The van der Waals surface area contributed by atoms with Crippen LogP contribution in [-0.2, 0) is 6.54 Å². The Bertz CT molecular complexity index is 369. The van der Waals surface area contributed by atoms with Crippen molar-refractivity contribution in [3.63, 3.8) is 0 Å². The molecule has 3 nitrogen and oxygen atoms in total. The number of hydrogen-bond acceptors (Lipinski definition) is 3. The first-order valence-electron chi connectivity index (χ1n) is 7.96. The van der Waals surface area contributed by atoms with Crippen molar-refractivity contribution >= 4 is 0 Å². The van der Waals surface area contributed by atoms with Crippen LogP contribution >= 0.6 is 0 Å². The summed E-state index contributed by atoms with van der Waals surface area (Å²) in [5, 5.41) is 0. The van der Waals surface area contributed by atoms with Gasteiger partial charge >= 0.3 is 0 Å². The highest BCUT2D eigenvalue weighted by atomic mass is 16.5. The van der Waals surface area contributed by atoms with Crippen LogP contribution in [-0.4, -0.2) is 31.1 Å². The van der Waals surface area contributed by atoms with E-state index in [0.29, 0.717) is 0 Å². The third-order valence-corrected chi connectivity index (χ3v) is 4.14. The van der Waals surface area contributed by atoms with E-state index in [4.69, 9.17) is 10.5 Å². The largest absolute Gasteiger partial charge is 0.494 e. The Morgan fingerprint density at radius 3 is 2.50 bits per heavy atom. The minimum Gasteiger partial charge on any atom is -0.494 e. The van der Waals surface area contributed by atoms with Crippen LogP contribution in [0.25, 0.3) is 0 Å². The highest BCUT2D eigenvalue weighted by molar-refractivity contribution is 5.27. The van der Waals surface area contributed by atoms with E-state index in [-0.39, 0.29) is 0 Å². The van der Waals surface area contributed by atoms with Crippen LogP contribution in [0.1, 0.15) is 38.2 Å². The molecule has 1 aromatic carbocycles. The summed E-state index contributed by atoms with van der Waals surface area (Å²) in [4.78, 5) is 2.53. The molecule has 2 N–H and O–H groups in total. The van der Waals surface area contributed by atoms with E-state index in [9.17, 15) is 0 Å². The van der Waals surface area contributed by atoms with E-state index in [1.807, 2.05) is 0 Å². The van der Waals surface area contributed by atoms with Gasteiger partial charge in [-0.05, 0) is 62.5 Å².